The second kappa shape index (κ2) is 13.6. The number of fused-ring (bicyclic) bond motifs is 6. The lowest BCUT2D eigenvalue weighted by molar-refractivity contribution is 0.590. The maximum atomic E-state index is 2.48. The van der Waals surface area contributed by atoms with Gasteiger partial charge in [0.2, 0.25) is 0 Å². The minimum absolute atomic E-state index is 0.00660. The van der Waals surface area contributed by atoms with Crippen molar-refractivity contribution in [2.24, 2.45) is 0 Å². The molecular formula is C58H48. The van der Waals surface area contributed by atoms with Gasteiger partial charge in [0.15, 0.2) is 0 Å². The zero-order valence-corrected chi connectivity index (χ0v) is 34.3. The highest BCUT2D eigenvalue weighted by molar-refractivity contribution is 6.22. The lowest BCUT2D eigenvalue weighted by Crippen LogP contribution is -2.11. The normalized spacial score (nSPS) is 12.3. The predicted molar refractivity (Wildman–Crippen MR) is 253 cm³/mol. The molecule has 0 aliphatic rings. The molecule has 0 aliphatic carbocycles. The summed E-state index contributed by atoms with van der Waals surface area (Å²) >= 11 is 0. The fraction of sp³-hybridized carbons (Fsp3) is 0.138. The van der Waals surface area contributed by atoms with E-state index in [2.05, 4.69) is 224 Å². The third-order valence-corrected chi connectivity index (χ3v) is 12.4. The Bertz CT molecular complexity index is 3210. The Hall–Kier alpha value is -6.50. The van der Waals surface area contributed by atoms with Crippen LogP contribution in [0.25, 0.3) is 98.4 Å². The molecule has 0 heterocycles. The number of hydrogen-bond acceptors (Lipinski definition) is 0. The average Bonchev–Trinajstić information content (AvgIpc) is 3.24. The molecule has 0 N–H and O–H groups in total. The van der Waals surface area contributed by atoms with Crippen LogP contribution in [0.3, 0.4) is 0 Å². The van der Waals surface area contributed by atoms with Gasteiger partial charge in [-0.25, -0.2) is 0 Å². The van der Waals surface area contributed by atoms with Gasteiger partial charge in [-0.3, -0.25) is 0 Å². The summed E-state index contributed by atoms with van der Waals surface area (Å²) in [7, 11) is 0. The van der Waals surface area contributed by atoms with E-state index in [1.807, 2.05) is 0 Å². The highest BCUT2D eigenvalue weighted by Crippen LogP contribution is 2.47. The van der Waals surface area contributed by atoms with E-state index in [0.717, 1.165) is 0 Å². The van der Waals surface area contributed by atoms with E-state index in [-0.39, 0.29) is 10.8 Å². The molecule has 0 saturated carbocycles. The molecule has 58 heavy (non-hydrogen) atoms. The van der Waals surface area contributed by atoms with Crippen LogP contribution in [0.1, 0.15) is 52.7 Å². The van der Waals surface area contributed by atoms with E-state index in [1.165, 1.54) is 109 Å². The van der Waals surface area contributed by atoms with Crippen LogP contribution in [-0.4, -0.2) is 0 Å². The molecule has 0 saturated heterocycles. The summed E-state index contributed by atoms with van der Waals surface area (Å²) in [5, 5.41) is 12.8. The Morgan fingerprint density at radius 2 is 0.724 bits per heavy atom. The molecule has 0 amide bonds. The summed E-state index contributed by atoms with van der Waals surface area (Å²) < 4.78 is 0. The summed E-state index contributed by atoms with van der Waals surface area (Å²) in [5.74, 6) is 0. The summed E-state index contributed by atoms with van der Waals surface area (Å²) in [6.45, 7) is 13.9. The molecule has 0 fully saturated rings. The average molecular weight is 745 g/mol. The summed E-state index contributed by atoms with van der Waals surface area (Å²) in [5.41, 5.74) is 12.7. The van der Waals surface area contributed by atoms with Crippen molar-refractivity contribution in [1.29, 1.82) is 0 Å². The van der Waals surface area contributed by atoms with Gasteiger partial charge in [0.1, 0.15) is 0 Å². The van der Waals surface area contributed by atoms with Crippen molar-refractivity contribution >= 4 is 53.9 Å². The summed E-state index contributed by atoms with van der Waals surface area (Å²) in [6, 6.07) is 68.4. The molecule has 0 spiro atoms. The van der Waals surface area contributed by atoms with E-state index in [4.69, 9.17) is 0 Å². The van der Waals surface area contributed by atoms with Gasteiger partial charge in [-0.05, 0) is 139 Å². The van der Waals surface area contributed by atoms with Crippen LogP contribution in [0.2, 0.25) is 0 Å². The lowest BCUT2D eigenvalue weighted by Gasteiger charge is -2.25. The molecule has 0 radical (unpaired) electrons. The van der Waals surface area contributed by atoms with Crippen LogP contribution in [0.5, 0.6) is 0 Å². The Kier molecular flexibility index (Phi) is 8.39. The van der Waals surface area contributed by atoms with E-state index in [9.17, 15) is 0 Å². The Morgan fingerprint density at radius 3 is 1.38 bits per heavy atom. The van der Waals surface area contributed by atoms with Crippen LogP contribution in [0.4, 0.5) is 0 Å². The molecule has 0 bridgehead atoms. The van der Waals surface area contributed by atoms with Crippen molar-refractivity contribution in [2.75, 3.05) is 0 Å². The van der Waals surface area contributed by atoms with Gasteiger partial charge in [-0.1, -0.05) is 205 Å². The van der Waals surface area contributed by atoms with Crippen molar-refractivity contribution in [1.82, 2.24) is 0 Å². The number of hydrogen-bond donors (Lipinski definition) is 0. The molecule has 0 aliphatic heterocycles. The maximum Gasteiger partial charge on any atom is -0.00260 e. The molecule has 0 heteroatoms. The zero-order valence-electron chi connectivity index (χ0n) is 34.3. The van der Waals surface area contributed by atoms with Crippen molar-refractivity contribution in [3.8, 4) is 44.5 Å². The molecule has 10 aromatic carbocycles. The van der Waals surface area contributed by atoms with E-state index < -0.39 is 0 Å². The van der Waals surface area contributed by atoms with E-state index in [0.29, 0.717) is 0 Å². The molecule has 0 atom stereocenters. The smallest absolute Gasteiger partial charge is 0.00260 e. The van der Waals surface area contributed by atoms with Gasteiger partial charge >= 0.3 is 0 Å². The zero-order chi connectivity index (χ0) is 39.8. The van der Waals surface area contributed by atoms with E-state index in [1.54, 1.807) is 0 Å². The van der Waals surface area contributed by atoms with Crippen LogP contribution in [0.15, 0.2) is 182 Å². The van der Waals surface area contributed by atoms with Crippen LogP contribution in [0, 0.1) is 0 Å². The van der Waals surface area contributed by atoms with Gasteiger partial charge in [-0.15, -0.1) is 0 Å². The standard InChI is InChI=1S/C58H48/c1-57(2,3)43-30-33-52-53(35-43)55(40-26-24-39(25-27-40)47-22-13-23-49-46-20-10-8-15-38(46)28-31-50(47)49)51-32-29-44(58(4,5)6)36-54(51)56(52)42-18-11-17-41(34-42)48-21-12-16-37-14-7-9-19-45(37)48/h7-36H,1-6H3. The van der Waals surface area contributed by atoms with Crippen molar-refractivity contribution in [2.45, 2.75) is 52.4 Å². The molecule has 0 nitrogen and oxygen atoms in total. The Morgan fingerprint density at radius 1 is 0.259 bits per heavy atom. The molecule has 10 rings (SSSR count). The lowest BCUT2D eigenvalue weighted by atomic mass is 9.79. The maximum absolute atomic E-state index is 2.48. The first-order valence-corrected chi connectivity index (χ1v) is 20.7. The van der Waals surface area contributed by atoms with Gasteiger partial charge in [0, 0.05) is 0 Å². The first-order valence-electron chi connectivity index (χ1n) is 20.7. The quantitative estimate of drug-likeness (QED) is 0.124. The monoisotopic (exact) mass is 744 g/mol. The van der Waals surface area contributed by atoms with Gasteiger partial charge in [-0.2, -0.15) is 0 Å². The minimum Gasteiger partial charge on any atom is -0.0616 e. The second-order valence-corrected chi connectivity index (χ2v) is 18.1. The predicted octanol–water partition coefficient (Wildman–Crippen LogP) is 16.7. The van der Waals surface area contributed by atoms with Crippen molar-refractivity contribution in [3.63, 3.8) is 0 Å². The van der Waals surface area contributed by atoms with Crippen LogP contribution in [-0.2, 0) is 10.8 Å². The highest BCUT2D eigenvalue weighted by Gasteiger charge is 2.23. The van der Waals surface area contributed by atoms with Crippen LogP contribution < -0.4 is 0 Å². The third kappa shape index (κ3) is 6.07. The highest BCUT2D eigenvalue weighted by atomic mass is 14.3. The molecule has 280 valence electrons. The SMILES string of the molecule is CC(C)(C)c1ccc2c(-c3cccc(-c4cccc5ccccc45)c3)c3cc(C(C)(C)C)ccc3c(-c3ccc(-c4cccc5c4ccc4ccccc45)cc3)c2c1. The van der Waals surface area contributed by atoms with Crippen molar-refractivity contribution in [3.05, 3.63) is 193 Å². The van der Waals surface area contributed by atoms with Crippen LogP contribution >= 0.6 is 0 Å². The van der Waals surface area contributed by atoms with Gasteiger partial charge in [0.25, 0.3) is 0 Å². The largest absolute Gasteiger partial charge is 0.0616 e. The minimum atomic E-state index is -0.00704. The fourth-order valence-corrected chi connectivity index (χ4v) is 9.21. The van der Waals surface area contributed by atoms with Crippen molar-refractivity contribution < 1.29 is 0 Å². The van der Waals surface area contributed by atoms with Gasteiger partial charge < -0.3 is 0 Å². The molecular weight excluding hydrogens is 697 g/mol. The van der Waals surface area contributed by atoms with Gasteiger partial charge in [0.05, 0.1) is 0 Å². The topological polar surface area (TPSA) is 0 Å². The molecule has 10 aromatic rings. The number of rotatable bonds is 4. The third-order valence-electron chi connectivity index (χ3n) is 12.4. The Balaban J connectivity index is 1.23. The van der Waals surface area contributed by atoms with E-state index >= 15 is 0 Å². The summed E-state index contributed by atoms with van der Waals surface area (Å²) in [4.78, 5) is 0. The Labute approximate surface area is 342 Å². The molecule has 0 aromatic heterocycles. The number of benzene rings is 10. The first-order chi connectivity index (χ1) is 28.0. The molecule has 0 unspecified atom stereocenters. The fourth-order valence-electron chi connectivity index (χ4n) is 9.21. The first kappa shape index (κ1) is 35.9. The summed E-state index contributed by atoms with van der Waals surface area (Å²) in [6.07, 6.45) is 0. The second-order valence-electron chi connectivity index (χ2n) is 18.1.